The zero-order valence-electron chi connectivity index (χ0n) is 12.0. The average molecular weight is 256 g/mol. The molecule has 0 atom stereocenters. The van der Waals surface area contributed by atoms with Crippen LogP contribution in [0.25, 0.3) is 0 Å². The van der Waals surface area contributed by atoms with Crippen molar-refractivity contribution in [2.24, 2.45) is 0 Å². The van der Waals surface area contributed by atoms with Gasteiger partial charge in [0.25, 0.3) is 0 Å². The number of aromatic nitrogens is 1. The van der Waals surface area contributed by atoms with Crippen LogP contribution in [-0.2, 0) is 19.5 Å². The third kappa shape index (κ3) is 4.56. The molecule has 0 unspecified atom stereocenters. The Morgan fingerprint density at radius 2 is 2.05 bits per heavy atom. The van der Waals surface area contributed by atoms with Gasteiger partial charge in [-0.15, -0.1) is 0 Å². The summed E-state index contributed by atoms with van der Waals surface area (Å²) in [5.74, 6) is 0. The summed E-state index contributed by atoms with van der Waals surface area (Å²) in [6.07, 6.45) is 6.69. The fourth-order valence-corrected chi connectivity index (χ4v) is 2.33. The molecule has 1 aromatic heterocycles. The second-order valence-corrected chi connectivity index (χ2v) is 5.17. The van der Waals surface area contributed by atoms with Crippen LogP contribution in [0.4, 0.5) is 0 Å². The van der Waals surface area contributed by atoms with E-state index in [1.807, 2.05) is 0 Å². The first-order valence-corrected chi connectivity index (χ1v) is 7.19. The topological polar surface area (TPSA) is 17.0 Å². The summed E-state index contributed by atoms with van der Waals surface area (Å²) in [7, 11) is 0. The van der Waals surface area contributed by atoms with Gasteiger partial charge in [0.05, 0.1) is 0 Å². The number of aryl methyl sites for hydroxylation is 2. The molecule has 19 heavy (non-hydrogen) atoms. The Hall–Kier alpha value is -1.54. The standard InChI is InChI=1S/C17H24N2/c1-3-10-19-11-8-17(14-19)13-18-9-7-16-6-4-5-15(2)12-16/h4-6,8,11-12,14,18H,3,7,9-10,13H2,1-2H3. The highest BCUT2D eigenvalue weighted by molar-refractivity contribution is 5.22. The molecule has 0 radical (unpaired) electrons. The lowest BCUT2D eigenvalue weighted by Gasteiger charge is -2.05. The van der Waals surface area contributed by atoms with E-state index in [2.05, 4.69) is 66.5 Å². The molecule has 0 bridgehead atoms. The zero-order chi connectivity index (χ0) is 13.5. The summed E-state index contributed by atoms with van der Waals surface area (Å²) in [4.78, 5) is 0. The number of hydrogen-bond acceptors (Lipinski definition) is 1. The summed E-state index contributed by atoms with van der Waals surface area (Å²) < 4.78 is 2.26. The highest BCUT2D eigenvalue weighted by atomic mass is 14.9. The van der Waals surface area contributed by atoms with Gasteiger partial charge in [-0.3, -0.25) is 0 Å². The molecule has 0 aliphatic heterocycles. The molecular weight excluding hydrogens is 232 g/mol. The summed E-state index contributed by atoms with van der Waals surface area (Å²) in [5.41, 5.74) is 4.13. The molecule has 0 aliphatic carbocycles. The van der Waals surface area contributed by atoms with Crippen LogP contribution < -0.4 is 5.32 Å². The minimum Gasteiger partial charge on any atom is -0.354 e. The van der Waals surface area contributed by atoms with Crippen LogP contribution in [0.15, 0.2) is 42.7 Å². The van der Waals surface area contributed by atoms with Crippen molar-refractivity contribution in [3.63, 3.8) is 0 Å². The second kappa shape index (κ2) is 7.15. The molecule has 102 valence electrons. The van der Waals surface area contributed by atoms with Gasteiger partial charge in [0.1, 0.15) is 0 Å². The third-order valence-electron chi connectivity index (χ3n) is 3.30. The van der Waals surface area contributed by atoms with Crippen LogP contribution in [-0.4, -0.2) is 11.1 Å². The summed E-state index contributed by atoms with van der Waals surface area (Å²) in [5, 5.41) is 3.51. The van der Waals surface area contributed by atoms with Gasteiger partial charge in [-0.1, -0.05) is 36.8 Å². The Kier molecular flexibility index (Phi) is 5.22. The van der Waals surface area contributed by atoms with E-state index < -0.39 is 0 Å². The fourth-order valence-electron chi connectivity index (χ4n) is 2.33. The minimum absolute atomic E-state index is 0.961. The minimum atomic E-state index is 0.961. The lowest BCUT2D eigenvalue weighted by atomic mass is 10.1. The molecule has 2 nitrogen and oxygen atoms in total. The molecule has 1 heterocycles. The Balaban J connectivity index is 1.71. The summed E-state index contributed by atoms with van der Waals surface area (Å²) >= 11 is 0. The number of nitrogens with zero attached hydrogens (tertiary/aromatic N) is 1. The fraction of sp³-hybridized carbons (Fsp3) is 0.412. The first-order chi connectivity index (χ1) is 9.28. The SMILES string of the molecule is CCCn1ccc(CNCCc2cccc(C)c2)c1. The van der Waals surface area contributed by atoms with Crippen LogP contribution in [0.5, 0.6) is 0 Å². The van der Waals surface area contributed by atoms with Crippen molar-refractivity contribution < 1.29 is 0 Å². The van der Waals surface area contributed by atoms with Crippen LogP contribution in [0, 0.1) is 6.92 Å². The van der Waals surface area contributed by atoms with Crippen molar-refractivity contribution in [3.05, 3.63) is 59.4 Å². The predicted octanol–water partition coefficient (Wildman–Crippen LogP) is 3.54. The van der Waals surface area contributed by atoms with Crippen molar-refractivity contribution in [2.75, 3.05) is 6.54 Å². The molecule has 2 rings (SSSR count). The number of hydrogen-bond donors (Lipinski definition) is 1. The zero-order valence-corrected chi connectivity index (χ0v) is 12.0. The molecular formula is C17H24N2. The molecule has 1 aromatic carbocycles. The maximum atomic E-state index is 3.51. The van der Waals surface area contributed by atoms with E-state index in [1.54, 1.807) is 0 Å². The normalized spacial score (nSPS) is 10.8. The van der Waals surface area contributed by atoms with Crippen LogP contribution in [0.2, 0.25) is 0 Å². The van der Waals surface area contributed by atoms with Gasteiger partial charge in [0.15, 0.2) is 0 Å². The van der Waals surface area contributed by atoms with Gasteiger partial charge in [0, 0.05) is 25.5 Å². The van der Waals surface area contributed by atoms with Crippen molar-refractivity contribution in [1.29, 1.82) is 0 Å². The monoisotopic (exact) mass is 256 g/mol. The van der Waals surface area contributed by atoms with Gasteiger partial charge in [-0.25, -0.2) is 0 Å². The van der Waals surface area contributed by atoms with Crippen LogP contribution >= 0.6 is 0 Å². The Morgan fingerprint density at radius 1 is 1.16 bits per heavy atom. The molecule has 0 spiro atoms. The van der Waals surface area contributed by atoms with Gasteiger partial charge in [0.2, 0.25) is 0 Å². The maximum absolute atomic E-state index is 3.51. The molecule has 0 amide bonds. The van der Waals surface area contributed by atoms with Crippen LogP contribution in [0.3, 0.4) is 0 Å². The summed E-state index contributed by atoms with van der Waals surface area (Å²) in [6.45, 7) is 7.46. The molecule has 0 aliphatic rings. The van der Waals surface area contributed by atoms with E-state index >= 15 is 0 Å². The van der Waals surface area contributed by atoms with Crippen molar-refractivity contribution in [1.82, 2.24) is 9.88 Å². The lowest BCUT2D eigenvalue weighted by molar-refractivity contribution is 0.666. The van der Waals surface area contributed by atoms with Crippen molar-refractivity contribution >= 4 is 0 Å². The Labute approximate surface area is 116 Å². The molecule has 0 saturated heterocycles. The molecule has 1 N–H and O–H groups in total. The van der Waals surface area contributed by atoms with E-state index in [4.69, 9.17) is 0 Å². The van der Waals surface area contributed by atoms with Gasteiger partial charge in [-0.05, 0) is 43.5 Å². The highest BCUT2D eigenvalue weighted by Crippen LogP contribution is 2.05. The van der Waals surface area contributed by atoms with E-state index in [0.29, 0.717) is 0 Å². The third-order valence-corrected chi connectivity index (χ3v) is 3.30. The molecule has 2 heteroatoms. The van der Waals surface area contributed by atoms with Gasteiger partial charge < -0.3 is 9.88 Å². The van der Waals surface area contributed by atoms with Crippen molar-refractivity contribution in [3.8, 4) is 0 Å². The van der Waals surface area contributed by atoms with Gasteiger partial charge >= 0.3 is 0 Å². The molecule has 2 aromatic rings. The highest BCUT2D eigenvalue weighted by Gasteiger charge is 1.97. The predicted molar refractivity (Wildman–Crippen MR) is 81.3 cm³/mol. The first kappa shape index (κ1) is 13.9. The van der Waals surface area contributed by atoms with E-state index in [0.717, 1.165) is 26.1 Å². The largest absolute Gasteiger partial charge is 0.354 e. The second-order valence-electron chi connectivity index (χ2n) is 5.17. The lowest BCUT2D eigenvalue weighted by Crippen LogP contribution is -2.16. The number of rotatable bonds is 7. The maximum Gasteiger partial charge on any atom is 0.0220 e. The average Bonchev–Trinajstić information content (AvgIpc) is 2.83. The Morgan fingerprint density at radius 3 is 2.84 bits per heavy atom. The quantitative estimate of drug-likeness (QED) is 0.750. The molecule has 0 saturated carbocycles. The van der Waals surface area contributed by atoms with Crippen molar-refractivity contribution in [2.45, 2.75) is 39.8 Å². The van der Waals surface area contributed by atoms with E-state index in [9.17, 15) is 0 Å². The number of benzene rings is 1. The van der Waals surface area contributed by atoms with Gasteiger partial charge in [-0.2, -0.15) is 0 Å². The van der Waals surface area contributed by atoms with Crippen LogP contribution in [0.1, 0.15) is 30.0 Å². The van der Waals surface area contributed by atoms with E-state index in [1.165, 1.54) is 23.1 Å². The Bertz CT molecular complexity index is 499. The first-order valence-electron chi connectivity index (χ1n) is 7.19. The number of nitrogens with one attached hydrogen (secondary N) is 1. The smallest absolute Gasteiger partial charge is 0.0220 e. The van der Waals surface area contributed by atoms with E-state index in [-0.39, 0.29) is 0 Å². The summed E-state index contributed by atoms with van der Waals surface area (Å²) in [6, 6.07) is 10.9. The molecule has 0 fully saturated rings.